The summed E-state index contributed by atoms with van der Waals surface area (Å²) in [5.74, 6) is 1.97. The molecule has 0 spiro atoms. The van der Waals surface area contributed by atoms with E-state index in [1.54, 1.807) is 18.7 Å². The van der Waals surface area contributed by atoms with E-state index in [1.807, 2.05) is 60.7 Å². The van der Waals surface area contributed by atoms with Crippen molar-refractivity contribution in [3.05, 3.63) is 76.9 Å². The number of hydrogen-bond donors (Lipinski definition) is 0. The third-order valence-corrected chi connectivity index (χ3v) is 7.02. The molecular formula is C23H18N4O3S2. The Morgan fingerprint density at radius 1 is 1.09 bits per heavy atom. The smallest absolute Gasteiger partial charge is 0.262 e. The average Bonchev–Trinajstić information content (AvgIpc) is 3.48. The van der Waals surface area contributed by atoms with Gasteiger partial charge in [0, 0.05) is 11.9 Å². The van der Waals surface area contributed by atoms with Crippen molar-refractivity contribution in [2.24, 2.45) is 7.05 Å². The van der Waals surface area contributed by atoms with Crippen LogP contribution in [0.2, 0.25) is 0 Å². The van der Waals surface area contributed by atoms with E-state index in [0.29, 0.717) is 33.8 Å². The van der Waals surface area contributed by atoms with Crippen molar-refractivity contribution in [2.45, 2.75) is 10.9 Å². The summed E-state index contributed by atoms with van der Waals surface area (Å²) in [7, 11) is 3.33. The highest BCUT2D eigenvalue weighted by atomic mass is 32.2. The van der Waals surface area contributed by atoms with Gasteiger partial charge in [0.05, 0.1) is 23.8 Å². The Morgan fingerprint density at radius 2 is 1.88 bits per heavy atom. The van der Waals surface area contributed by atoms with Crippen LogP contribution in [0, 0.1) is 0 Å². The molecule has 0 radical (unpaired) electrons. The molecule has 0 aliphatic rings. The number of fused-ring (bicyclic) bond motifs is 1. The maximum atomic E-state index is 12.9. The fourth-order valence-electron chi connectivity index (χ4n) is 3.30. The quantitative estimate of drug-likeness (QED) is 0.259. The molecule has 5 rings (SSSR count). The number of para-hydroxylation sites is 1. The van der Waals surface area contributed by atoms with Gasteiger partial charge >= 0.3 is 0 Å². The first-order valence-corrected chi connectivity index (χ1v) is 11.6. The fourth-order valence-corrected chi connectivity index (χ4v) is 5.19. The highest BCUT2D eigenvalue weighted by Crippen LogP contribution is 2.33. The van der Waals surface area contributed by atoms with Crippen LogP contribution in [0.3, 0.4) is 0 Å². The Labute approximate surface area is 191 Å². The van der Waals surface area contributed by atoms with Gasteiger partial charge in [0.1, 0.15) is 10.6 Å². The molecule has 5 aromatic rings. The third-order valence-electron chi connectivity index (χ3n) is 4.93. The average molecular weight is 463 g/mol. The predicted molar refractivity (Wildman–Crippen MR) is 126 cm³/mol. The highest BCUT2D eigenvalue weighted by Gasteiger charge is 2.16. The van der Waals surface area contributed by atoms with E-state index >= 15 is 0 Å². The lowest BCUT2D eigenvalue weighted by Crippen LogP contribution is -2.19. The molecule has 0 aliphatic heterocycles. The topological polar surface area (TPSA) is 83.0 Å². The van der Waals surface area contributed by atoms with E-state index in [9.17, 15) is 4.79 Å². The van der Waals surface area contributed by atoms with Crippen molar-refractivity contribution in [3.8, 4) is 27.6 Å². The summed E-state index contributed by atoms with van der Waals surface area (Å²) in [6, 6.07) is 19.4. The standard InChI is InChI=1S/C23H18N4O3S2/c1-27-22(28)16-12-18(14-8-4-3-5-9-14)32-21(16)25-23(27)31-13-19-24-20(26-30-19)15-10-6-7-11-17(15)29-2/h3-12H,13H2,1-2H3. The van der Waals surface area contributed by atoms with Gasteiger partial charge in [-0.25, -0.2) is 4.98 Å². The minimum Gasteiger partial charge on any atom is -0.496 e. The van der Waals surface area contributed by atoms with Gasteiger partial charge in [-0.05, 0) is 23.8 Å². The maximum Gasteiger partial charge on any atom is 0.262 e. The Morgan fingerprint density at radius 3 is 2.69 bits per heavy atom. The Bertz CT molecular complexity index is 1460. The largest absolute Gasteiger partial charge is 0.496 e. The zero-order valence-corrected chi connectivity index (χ0v) is 18.9. The van der Waals surface area contributed by atoms with Crippen LogP contribution in [0.1, 0.15) is 5.89 Å². The number of methoxy groups -OCH3 is 1. The van der Waals surface area contributed by atoms with Crippen LogP contribution in [-0.4, -0.2) is 26.8 Å². The lowest BCUT2D eigenvalue weighted by Gasteiger charge is -2.05. The fraction of sp³-hybridized carbons (Fsp3) is 0.130. The molecule has 0 atom stereocenters. The van der Waals surface area contributed by atoms with Gasteiger partial charge in [0.2, 0.25) is 11.7 Å². The van der Waals surface area contributed by atoms with E-state index in [0.717, 1.165) is 20.8 Å². The predicted octanol–water partition coefficient (Wildman–Crippen LogP) is 5.01. The minimum atomic E-state index is -0.0730. The molecule has 2 aromatic carbocycles. The second-order valence-corrected chi connectivity index (χ2v) is 8.93. The van der Waals surface area contributed by atoms with Crippen molar-refractivity contribution in [1.29, 1.82) is 0 Å². The van der Waals surface area contributed by atoms with Crippen molar-refractivity contribution in [1.82, 2.24) is 19.7 Å². The van der Waals surface area contributed by atoms with Crippen molar-refractivity contribution in [2.75, 3.05) is 7.11 Å². The summed E-state index contributed by atoms with van der Waals surface area (Å²) < 4.78 is 12.3. The molecule has 0 saturated carbocycles. The molecule has 0 N–H and O–H groups in total. The maximum absolute atomic E-state index is 12.9. The molecule has 0 unspecified atom stereocenters. The Kier molecular flexibility index (Phi) is 5.50. The highest BCUT2D eigenvalue weighted by molar-refractivity contribution is 7.98. The molecule has 7 nitrogen and oxygen atoms in total. The molecule has 0 aliphatic carbocycles. The number of ether oxygens (including phenoxy) is 1. The lowest BCUT2D eigenvalue weighted by atomic mass is 10.2. The van der Waals surface area contributed by atoms with Gasteiger partial charge in [-0.1, -0.05) is 59.4 Å². The van der Waals surface area contributed by atoms with Gasteiger partial charge < -0.3 is 9.26 Å². The van der Waals surface area contributed by atoms with Crippen molar-refractivity contribution >= 4 is 33.3 Å². The normalized spacial score (nSPS) is 11.2. The van der Waals surface area contributed by atoms with E-state index < -0.39 is 0 Å². The second kappa shape index (κ2) is 8.60. The molecule has 32 heavy (non-hydrogen) atoms. The molecule has 3 heterocycles. The van der Waals surface area contributed by atoms with E-state index in [4.69, 9.17) is 14.2 Å². The SMILES string of the molecule is COc1ccccc1-c1noc(CSc2nc3sc(-c4ccccc4)cc3c(=O)n2C)n1. The molecule has 9 heteroatoms. The van der Waals surface area contributed by atoms with Gasteiger partial charge in [-0.3, -0.25) is 9.36 Å². The second-order valence-electron chi connectivity index (χ2n) is 6.95. The van der Waals surface area contributed by atoms with E-state index in [1.165, 1.54) is 23.1 Å². The summed E-state index contributed by atoms with van der Waals surface area (Å²) in [5.41, 5.74) is 1.76. The van der Waals surface area contributed by atoms with Crippen molar-refractivity contribution < 1.29 is 9.26 Å². The molecule has 0 fully saturated rings. The van der Waals surface area contributed by atoms with Crippen LogP contribution in [0.25, 0.3) is 32.0 Å². The number of hydrogen-bond acceptors (Lipinski definition) is 8. The first-order valence-electron chi connectivity index (χ1n) is 9.79. The molecule has 0 amide bonds. The van der Waals surface area contributed by atoms with Gasteiger partial charge in [-0.2, -0.15) is 4.98 Å². The molecule has 0 saturated heterocycles. The number of aromatic nitrogens is 4. The zero-order chi connectivity index (χ0) is 22.1. The van der Waals surface area contributed by atoms with Gasteiger partial charge in [-0.15, -0.1) is 11.3 Å². The van der Waals surface area contributed by atoms with Crippen LogP contribution >= 0.6 is 23.1 Å². The summed E-state index contributed by atoms with van der Waals surface area (Å²) in [6.45, 7) is 0. The monoisotopic (exact) mass is 462 g/mol. The van der Waals surface area contributed by atoms with Gasteiger partial charge in [0.15, 0.2) is 5.16 Å². The first-order chi connectivity index (χ1) is 15.6. The molecule has 160 valence electrons. The Hall–Kier alpha value is -3.43. The summed E-state index contributed by atoms with van der Waals surface area (Å²) in [6.07, 6.45) is 0. The summed E-state index contributed by atoms with van der Waals surface area (Å²) in [5, 5.41) is 5.29. The van der Waals surface area contributed by atoms with Crippen LogP contribution in [0.15, 0.2) is 75.1 Å². The number of nitrogens with zero attached hydrogens (tertiary/aromatic N) is 4. The van der Waals surface area contributed by atoms with Crippen LogP contribution < -0.4 is 10.3 Å². The molecular weight excluding hydrogens is 444 g/mol. The number of benzene rings is 2. The van der Waals surface area contributed by atoms with Crippen LogP contribution in [0.4, 0.5) is 0 Å². The van der Waals surface area contributed by atoms with E-state index in [-0.39, 0.29) is 5.56 Å². The van der Waals surface area contributed by atoms with Gasteiger partial charge in [0.25, 0.3) is 5.56 Å². The Balaban J connectivity index is 1.41. The lowest BCUT2D eigenvalue weighted by molar-refractivity contribution is 0.390. The third kappa shape index (κ3) is 3.80. The number of rotatable bonds is 6. The number of thioether (sulfide) groups is 1. The zero-order valence-electron chi connectivity index (χ0n) is 17.3. The summed E-state index contributed by atoms with van der Waals surface area (Å²) in [4.78, 5) is 23.8. The summed E-state index contributed by atoms with van der Waals surface area (Å²) >= 11 is 2.90. The molecule has 3 aromatic heterocycles. The number of thiophene rings is 1. The van der Waals surface area contributed by atoms with Crippen LogP contribution in [0.5, 0.6) is 5.75 Å². The van der Waals surface area contributed by atoms with Crippen molar-refractivity contribution in [3.63, 3.8) is 0 Å². The van der Waals surface area contributed by atoms with Crippen LogP contribution in [-0.2, 0) is 12.8 Å². The first kappa shape index (κ1) is 20.5. The minimum absolute atomic E-state index is 0.0730. The van der Waals surface area contributed by atoms with E-state index in [2.05, 4.69) is 10.1 Å². The molecule has 0 bridgehead atoms.